The molecule has 150 valence electrons. The van der Waals surface area contributed by atoms with Crippen LogP contribution in [-0.2, 0) is 4.74 Å². The Balaban J connectivity index is 1.35. The fourth-order valence-corrected chi connectivity index (χ4v) is 3.64. The Kier molecular flexibility index (Phi) is 4.61. The first-order valence-corrected chi connectivity index (χ1v) is 9.70. The van der Waals surface area contributed by atoms with Crippen molar-refractivity contribution >= 4 is 22.4 Å². The minimum absolute atomic E-state index is 0.186. The van der Waals surface area contributed by atoms with Gasteiger partial charge in [0.1, 0.15) is 0 Å². The van der Waals surface area contributed by atoms with Crippen LogP contribution in [0.5, 0.6) is 0 Å². The number of nitrogens with one attached hydrogen (secondary N) is 2. The summed E-state index contributed by atoms with van der Waals surface area (Å²) in [5.41, 5.74) is 2.47. The number of hydrogen-bond donors (Lipinski definition) is 2. The van der Waals surface area contributed by atoms with Crippen LogP contribution in [0.1, 0.15) is 22.8 Å². The molecule has 5 rings (SSSR count). The highest BCUT2D eigenvalue weighted by atomic mass is 16.5. The van der Waals surface area contributed by atoms with E-state index >= 15 is 0 Å². The molecule has 1 saturated heterocycles. The van der Waals surface area contributed by atoms with Crippen molar-refractivity contribution in [3.8, 4) is 11.3 Å². The number of benzene rings is 2. The van der Waals surface area contributed by atoms with Crippen molar-refractivity contribution in [1.82, 2.24) is 20.0 Å². The first kappa shape index (κ1) is 18.3. The van der Waals surface area contributed by atoms with Crippen molar-refractivity contribution in [3.05, 3.63) is 76.8 Å². The van der Waals surface area contributed by atoms with E-state index in [0.29, 0.717) is 28.9 Å². The number of fused-ring (bicyclic) bond motifs is 1. The van der Waals surface area contributed by atoms with Gasteiger partial charge in [0.2, 0.25) is 0 Å². The summed E-state index contributed by atoms with van der Waals surface area (Å²) in [4.78, 5) is 24.5. The lowest BCUT2D eigenvalue weighted by Gasteiger charge is -2.08. The number of hydrogen-bond acceptors (Lipinski definition) is 5. The van der Waals surface area contributed by atoms with Crippen LogP contribution in [0, 0.1) is 0 Å². The highest BCUT2D eigenvalue weighted by Gasteiger charge is 2.19. The molecular formula is C22H19N5O3. The van der Waals surface area contributed by atoms with E-state index in [1.807, 2.05) is 42.5 Å². The Morgan fingerprint density at radius 3 is 2.70 bits per heavy atom. The largest absolute Gasteiger partial charge is 0.379 e. The maximum atomic E-state index is 12.6. The average molecular weight is 401 g/mol. The van der Waals surface area contributed by atoms with Crippen molar-refractivity contribution in [2.24, 2.45) is 0 Å². The molecular weight excluding hydrogens is 382 g/mol. The maximum absolute atomic E-state index is 12.6. The number of aromatic amines is 1. The lowest BCUT2D eigenvalue weighted by molar-refractivity contribution is 0.102. The van der Waals surface area contributed by atoms with Crippen LogP contribution < -0.4 is 10.9 Å². The van der Waals surface area contributed by atoms with Crippen LogP contribution in [0.3, 0.4) is 0 Å². The first-order valence-electron chi connectivity index (χ1n) is 9.70. The Morgan fingerprint density at radius 2 is 1.93 bits per heavy atom. The van der Waals surface area contributed by atoms with Gasteiger partial charge in [-0.1, -0.05) is 30.3 Å². The maximum Gasteiger partial charge on any atom is 0.272 e. The smallest absolute Gasteiger partial charge is 0.272 e. The molecule has 8 nitrogen and oxygen atoms in total. The zero-order valence-corrected chi connectivity index (χ0v) is 16.0. The summed E-state index contributed by atoms with van der Waals surface area (Å²) in [6, 6.07) is 14.9. The van der Waals surface area contributed by atoms with E-state index < -0.39 is 0 Å². The normalized spacial score (nSPS) is 16.1. The van der Waals surface area contributed by atoms with Gasteiger partial charge in [-0.05, 0) is 24.6 Å². The molecule has 1 atom stereocenters. The molecule has 8 heteroatoms. The number of H-pyrrole nitrogens is 1. The van der Waals surface area contributed by atoms with E-state index in [1.165, 1.54) is 0 Å². The molecule has 1 aliphatic heterocycles. The molecule has 1 fully saturated rings. The quantitative estimate of drug-likeness (QED) is 0.547. The number of anilines is 1. The van der Waals surface area contributed by atoms with Crippen molar-refractivity contribution < 1.29 is 9.53 Å². The molecule has 1 amide bonds. The first-order chi connectivity index (χ1) is 14.7. The number of ether oxygens (including phenoxy) is 1. The molecule has 2 aromatic carbocycles. The van der Waals surface area contributed by atoms with E-state index in [0.717, 1.165) is 24.0 Å². The highest BCUT2D eigenvalue weighted by Crippen LogP contribution is 2.25. The van der Waals surface area contributed by atoms with E-state index in [9.17, 15) is 9.59 Å². The number of rotatable bonds is 4. The molecule has 0 saturated carbocycles. The molecule has 1 unspecified atom stereocenters. The highest BCUT2D eigenvalue weighted by molar-refractivity contribution is 6.04. The number of amides is 1. The molecule has 4 aromatic rings. The summed E-state index contributed by atoms with van der Waals surface area (Å²) in [7, 11) is 0. The van der Waals surface area contributed by atoms with Crippen LogP contribution in [0.15, 0.2) is 65.7 Å². The SMILES string of the molecule is O=C(Nc1ccc(-c2n[nH]c(=O)c3ccccc23)cc1)c1cnn(C2CCOC2)c1. The van der Waals surface area contributed by atoms with E-state index in [-0.39, 0.29) is 17.5 Å². The van der Waals surface area contributed by atoms with Crippen LogP contribution in [0.2, 0.25) is 0 Å². The average Bonchev–Trinajstić information content (AvgIpc) is 3.47. The third kappa shape index (κ3) is 3.37. The van der Waals surface area contributed by atoms with Gasteiger partial charge in [-0.3, -0.25) is 14.3 Å². The van der Waals surface area contributed by atoms with Crippen molar-refractivity contribution in [3.63, 3.8) is 0 Å². The topological polar surface area (TPSA) is 102 Å². The molecule has 0 radical (unpaired) electrons. The third-order valence-corrected chi connectivity index (χ3v) is 5.26. The fourth-order valence-electron chi connectivity index (χ4n) is 3.64. The molecule has 0 bridgehead atoms. The van der Waals surface area contributed by atoms with E-state index in [2.05, 4.69) is 20.6 Å². The Bertz CT molecular complexity index is 1270. The van der Waals surface area contributed by atoms with Gasteiger partial charge >= 0.3 is 0 Å². The lowest BCUT2D eigenvalue weighted by Crippen LogP contribution is -2.12. The van der Waals surface area contributed by atoms with Crippen LogP contribution in [0.25, 0.3) is 22.0 Å². The minimum Gasteiger partial charge on any atom is -0.379 e. The van der Waals surface area contributed by atoms with Gasteiger partial charge in [0.25, 0.3) is 11.5 Å². The van der Waals surface area contributed by atoms with Crippen molar-refractivity contribution in [2.45, 2.75) is 12.5 Å². The Morgan fingerprint density at radius 1 is 1.13 bits per heavy atom. The van der Waals surface area contributed by atoms with Gasteiger partial charge in [0, 0.05) is 29.4 Å². The predicted octanol–water partition coefficient (Wildman–Crippen LogP) is 3.00. The predicted molar refractivity (Wildman–Crippen MR) is 112 cm³/mol. The monoisotopic (exact) mass is 401 g/mol. The third-order valence-electron chi connectivity index (χ3n) is 5.26. The summed E-state index contributed by atoms with van der Waals surface area (Å²) in [6.45, 7) is 1.34. The van der Waals surface area contributed by atoms with Crippen LogP contribution in [-0.4, -0.2) is 39.1 Å². The number of carbonyl (C=O) groups is 1. The Hall–Kier alpha value is -3.78. The summed E-state index contributed by atoms with van der Waals surface area (Å²) in [6.07, 6.45) is 4.22. The fraction of sp³-hybridized carbons (Fsp3) is 0.182. The van der Waals surface area contributed by atoms with E-state index in [1.54, 1.807) is 23.1 Å². The number of carbonyl (C=O) groups excluding carboxylic acids is 1. The van der Waals surface area contributed by atoms with Gasteiger partial charge in [-0.2, -0.15) is 10.2 Å². The molecule has 30 heavy (non-hydrogen) atoms. The molecule has 2 N–H and O–H groups in total. The van der Waals surface area contributed by atoms with Gasteiger partial charge in [0.05, 0.1) is 35.5 Å². The van der Waals surface area contributed by atoms with Crippen LogP contribution in [0.4, 0.5) is 5.69 Å². The second-order valence-electron chi connectivity index (χ2n) is 7.20. The van der Waals surface area contributed by atoms with Gasteiger partial charge in [-0.25, -0.2) is 5.10 Å². The lowest BCUT2D eigenvalue weighted by atomic mass is 10.0. The second-order valence-corrected chi connectivity index (χ2v) is 7.20. The summed E-state index contributed by atoms with van der Waals surface area (Å²) >= 11 is 0. The molecule has 0 aliphatic carbocycles. The summed E-state index contributed by atoms with van der Waals surface area (Å²) in [5.74, 6) is -0.222. The molecule has 0 spiro atoms. The van der Waals surface area contributed by atoms with Gasteiger partial charge in [-0.15, -0.1) is 0 Å². The van der Waals surface area contributed by atoms with Crippen molar-refractivity contribution in [1.29, 1.82) is 0 Å². The van der Waals surface area contributed by atoms with E-state index in [4.69, 9.17) is 4.74 Å². The van der Waals surface area contributed by atoms with Gasteiger partial charge in [0.15, 0.2) is 0 Å². The van der Waals surface area contributed by atoms with Gasteiger partial charge < -0.3 is 10.1 Å². The Labute approximate surface area is 171 Å². The molecule has 2 aromatic heterocycles. The standard InChI is InChI=1S/C22H19N5O3/c28-21(15-11-23-27(12-15)17-9-10-30-13-17)24-16-7-5-14(6-8-16)20-18-3-1-2-4-19(18)22(29)26-25-20/h1-8,11-12,17H,9-10,13H2,(H,24,28)(H,26,29). The zero-order valence-electron chi connectivity index (χ0n) is 16.0. The zero-order chi connectivity index (χ0) is 20.5. The molecule has 3 heterocycles. The summed E-state index contributed by atoms with van der Waals surface area (Å²) < 4.78 is 7.16. The minimum atomic E-state index is -0.222. The number of nitrogens with zero attached hydrogens (tertiary/aromatic N) is 3. The van der Waals surface area contributed by atoms with Crippen molar-refractivity contribution in [2.75, 3.05) is 18.5 Å². The second kappa shape index (κ2) is 7.57. The number of aromatic nitrogens is 4. The molecule has 1 aliphatic rings. The summed E-state index contributed by atoms with van der Waals surface area (Å²) in [5, 5.41) is 15.3. The van der Waals surface area contributed by atoms with Crippen LogP contribution >= 0.6 is 0 Å².